The van der Waals surface area contributed by atoms with E-state index >= 15 is 0 Å². The largest absolute Gasteiger partial charge is 0.463 e. The summed E-state index contributed by atoms with van der Waals surface area (Å²) in [5, 5.41) is 8.44. The van der Waals surface area contributed by atoms with E-state index in [-0.39, 0.29) is 6.61 Å². The van der Waals surface area contributed by atoms with Crippen LogP contribution in [0.5, 0.6) is 0 Å². The molecule has 0 spiro atoms. The zero-order valence-electron chi connectivity index (χ0n) is 25.6. The van der Waals surface area contributed by atoms with Crippen molar-refractivity contribution in [2.75, 3.05) is 6.61 Å². The number of carbonyl (C=O) groups excluding carboxylic acids is 4. The lowest BCUT2D eigenvalue weighted by molar-refractivity contribution is -0.700. The fourth-order valence-electron chi connectivity index (χ4n) is 4.86. The summed E-state index contributed by atoms with van der Waals surface area (Å²) < 4.78 is 37.3. The highest BCUT2D eigenvalue weighted by molar-refractivity contribution is 5.68. The van der Waals surface area contributed by atoms with E-state index in [9.17, 15) is 19.2 Å². The van der Waals surface area contributed by atoms with Crippen LogP contribution in [-0.2, 0) is 62.5 Å². The molecule has 1 saturated heterocycles. The second-order valence-electron chi connectivity index (χ2n) is 10.8. The fourth-order valence-corrected chi connectivity index (χ4v) is 4.86. The molecule has 5 atom stereocenters. The van der Waals surface area contributed by atoms with Crippen molar-refractivity contribution in [1.82, 2.24) is 24.1 Å². The maximum absolute atomic E-state index is 12.1. The second-order valence-corrected chi connectivity index (χ2v) is 10.8. The summed E-state index contributed by atoms with van der Waals surface area (Å²) in [4.78, 5) is 47.7. The fraction of sp³-hybridized carbons (Fsp3) is 0.571. The van der Waals surface area contributed by atoms with Crippen LogP contribution >= 0.6 is 0 Å². The van der Waals surface area contributed by atoms with Crippen LogP contribution in [0.1, 0.15) is 59.5 Å². The average Bonchev–Trinajstić information content (AvgIpc) is 3.70. The first kappa shape index (κ1) is 32.3. The first-order chi connectivity index (χ1) is 20.9. The molecule has 1 aliphatic heterocycles. The van der Waals surface area contributed by atoms with Crippen molar-refractivity contribution in [3.63, 3.8) is 0 Å². The third-order valence-corrected chi connectivity index (χ3v) is 6.80. The Kier molecular flexibility index (Phi) is 10.5. The van der Waals surface area contributed by atoms with E-state index in [2.05, 4.69) is 50.4 Å². The Morgan fingerprint density at radius 1 is 0.886 bits per heavy atom. The van der Waals surface area contributed by atoms with Crippen molar-refractivity contribution in [2.24, 2.45) is 0 Å². The maximum Gasteiger partial charge on any atom is 0.303 e. The van der Waals surface area contributed by atoms with E-state index in [4.69, 9.17) is 23.7 Å². The summed E-state index contributed by atoms with van der Waals surface area (Å²) in [5.74, 6) is -2.72. The van der Waals surface area contributed by atoms with E-state index in [1.54, 1.807) is 6.20 Å². The number of ether oxygens (including phenoxy) is 5. The highest BCUT2D eigenvalue weighted by Crippen LogP contribution is 2.34. The van der Waals surface area contributed by atoms with Gasteiger partial charge < -0.3 is 23.7 Å². The van der Waals surface area contributed by atoms with Crippen molar-refractivity contribution in [3.05, 3.63) is 49.3 Å². The molecule has 3 aromatic heterocycles. The number of aryl methyl sites for hydroxylation is 2. The summed E-state index contributed by atoms with van der Waals surface area (Å²) >= 11 is 0. The first-order valence-electron chi connectivity index (χ1n) is 14.2. The number of hydrogen-bond donors (Lipinski definition) is 0. The molecule has 0 saturated carbocycles. The van der Waals surface area contributed by atoms with Crippen LogP contribution in [0.25, 0.3) is 0 Å². The maximum atomic E-state index is 12.1. The van der Waals surface area contributed by atoms with Gasteiger partial charge in [0.25, 0.3) is 0 Å². The molecule has 0 unspecified atom stereocenters. The molecule has 238 valence electrons. The zero-order valence-corrected chi connectivity index (χ0v) is 25.6. The molecule has 16 heteroatoms. The topological polar surface area (TPSA) is 163 Å². The molecule has 0 radical (unpaired) electrons. The molecule has 1 fully saturated rings. The third kappa shape index (κ3) is 8.49. The Labute approximate surface area is 254 Å². The minimum absolute atomic E-state index is 0.334. The summed E-state index contributed by atoms with van der Waals surface area (Å²) in [6, 6.07) is 0.393. The van der Waals surface area contributed by atoms with Crippen molar-refractivity contribution in [1.29, 1.82) is 0 Å². The van der Waals surface area contributed by atoms with Crippen molar-refractivity contribution >= 4 is 23.9 Å². The van der Waals surface area contributed by atoms with Gasteiger partial charge in [-0.1, -0.05) is 5.21 Å². The molecule has 16 nitrogen and oxygen atoms in total. The van der Waals surface area contributed by atoms with Gasteiger partial charge in [0.2, 0.25) is 12.7 Å². The van der Waals surface area contributed by atoms with Gasteiger partial charge in [0.05, 0.1) is 12.2 Å². The standard InChI is InChI=1S/C28H39N7O9/c1-18(2)34-12-11-32(17-34)8-7-31-9-10-33(16-31)13-23-14-35(30-29-23)28-27(43-22(6)39)26(42-21(5)38)25(41-20(4)37)24(44-28)15-40-19(3)36/h9-12,14,16-18,24-28H,7-8,13,15H2,1-6H3/q+2/t24-,25-,26+,27-,28-/m1/s1. The Morgan fingerprint density at radius 3 is 2.18 bits per heavy atom. The lowest BCUT2D eigenvalue weighted by Gasteiger charge is -2.44. The van der Waals surface area contributed by atoms with Crippen LogP contribution in [0, 0.1) is 0 Å². The molecule has 0 N–H and O–H groups in total. The molecule has 0 amide bonds. The molecule has 0 bridgehead atoms. The monoisotopic (exact) mass is 617 g/mol. The second kappa shape index (κ2) is 14.2. The lowest BCUT2D eigenvalue weighted by atomic mass is 9.97. The summed E-state index contributed by atoms with van der Waals surface area (Å²) in [5.41, 5.74) is 0.559. The van der Waals surface area contributed by atoms with Gasteiger partial charge in [-0.2, -0.15) is 0 Å². The predicted octanol–water partition coefficient (Wildman–Crippen LogP) is 0.0411. The van der Waals surface area contributed by atoms with Crippen LogP contribution in [0.3, 0.4) is 0 Å². The minimum atomic E-state index is -1.30. The minimum Gasteiger partial charge on any atom is -0.463 e. The SMILES string of the molecule is CC(=O)OC[C@H]1O[C@@H](n2cc(C[n+]3ccn(CC[n+]4ccn(C(C)C)c4)c3)nn2)[C@H](OC(C)=O)[C@@H](OC(C)=O)[C@@H]1OC(C)=O. The van der Waals surface area contributed by atoms with Crippen LogP contribution in [0.4, 0.5) is 0 Å². The van der Waals surface area contributed by atoms with E-state index < -0.39 is 54.5 Å². The molecular weight excluding hydrogens is 578 g/mol. The molecular formula is C28H39N7O9+2. The molecule has 1 aliphatic rings. The van der Waals surface area contributed by atoms with E-state index in [0.717, 1.165) is 20.0 Å². The number of imidazole rings is 2. The van der Waals surface area contributed by atoms with Gasteiger partial charge in [0.1, 0.15) is 62.8 Å². The number of aromatic nitrogens is 7. The van der Waals surface area contributed by atoms with Gasteiger partial charge in [-0.15, -0.1) is 5.10 Å². The average molecular weight is 618 g/mol. The van der Waals surface area contributed by atoms with Crippen LogP contribution in [0.2, 0.25) is 0 Å². The molecule has 44 heavy (non-hydrogen) atoms. The Morgan fingerprint density at radius 2 is 1.55 bits per heavy atom. The summed E-state index contributed by atoms with van der Waals surface area (Å²) in [6.07, 6.45) is 7.53. The summed E-state index contributed by atoms with van der Waals surface area (Å²) in [7, 11) is 0. The van der Waals surface area contributed by atoms with E-state index in [0.29, 0.717) is 18.3 Å². The Balaban J connectivity index is 1.53. The number of hydrogen-bond acceptors (Lipinski definition) is 11. The number of esters is 4. The quantitative estimate of drug-likeness (QED) is 0.153. The van der Waals surface area contributed by atoms with E-state index in [1.807, 2.05) is 29.5 Å². The smallest absolute Gasteiger partial charge is 0.303 e. The van der Waals surface area contributed by atoms with Crippen molar-refractivity contribution in [3.8, 4) is 0 Å². The Bertz CT molecular complexity index is 1460. The molecule has 0 aromatic carbocycles. The van der Waals surface area contributed by atoms with Gasteiger partial charge in [0.15, 0.2) is 24.5 Å². The lowest BCUT2D eigenvalue weighted by Crippen LogP contribution is -2.60. The molecule has 4 heterocycles. The molecule has 0 aliphatic carbocycles. The van der Waals surface area contributed by atoms with Crippen LogP contribution < -0.4 is 9.13 Å². The van der Waals surface area contributed by atoms with Gasteiger partial charge in [0, 0.05) is 27.7 Å². The highest BCUT2D eigenvalue weighted by atomic mass is 16.7. The number of rotatable bonds is 12. The normalized spacial score (nSPS) is 21.6. The summed E-state index contributed by atoms with van der Waals surface area (Å²) in [6.45, 7) is 10.6. The zero-order chi connectivity index (χ0) is 32.0. The highest BCUT2D eigenvalue weighted by Gasteiger charge is 2.53. The van der Waals surface area contributed by atoms with Crippen LogP contribution in [-0.4, -0.2) is 79.0 Å². The van der Waals surface area contributed by atoms with Gasteiger partial charge in [-0.25, -0.2) is 23.0 Å². The predicted molar refractivity (Wildman–Crippen MR) is 146 cm³/mol. The van der Waals surface area contributed by atoms with Crippen molar-refractivity contribution < 1.29 is 52.0 Å². The van der Waals surface area contributed by atoms with Crippen molar-refractivity contribution in [2.45, 2.75) is 97.9 Å². The van der Waals surface area contributed by atoms with Crippen LogP contribution in [0.15, 0.2) is 43.6 Å². The van der Waals surface area contributed by atoms with E-state index in [1.165, 1.54) is 25.5 Å². The van der Waals surface area contributed by atoms with Gasteiger partial charge >= 0.3 is 23.9 Å². The Hall–Kier alpha value is -4.60. The molecule has 4 rings (SSSR count). The molecule has 3 aromatic rings. The van der Waals surface area contributed by atoms with Gasteiger partial charge in [-0.3, -0.25) is 19.2 Å². The number of nitrogens with zero attached hydrogens (tertiary/aromatic N) is 7. The first-order valence-corrected chi connectivity index (χ1v) is 14.2. The third-order valence-electron chi connectivity index (χ3n) is 6.80. The number of carbonyl (C=O) groups is 4. The van der Waals surface area contributed by atoms with Gasteiger partial charge in [-0.05, 0) is 13.8 Å².